The normalized spacial score (nSPS) is 10.8. The lowest BCUT2D eigenvalue weighted by Gasteiger charge is -2.27. The van der Waals surface area contributed by atoms with Crippen LogP contribution in [0.4, 0.5) is 4.39 Å². The summed E-state index contributed by atoms with van der Waals surface area (Å²) >= 11 is 0. The molecule has 0 fully saturated rings. The number of hydrogen-bond donors (Lipinski definition) is 1. The van der Waals surface area contributed by atoms with Crippen molar-refractivity contribution in [1.82, 2.24) is 4.90 Å². The Hall–Kier alpha value is -1.58. The minimum atomic E-state index is -0.545. The van der Waals surface area contributed by atoms with Crippen LogP contribution in [0.1, 0.15) is 50.4 Å². The van der Waals surface area contributed by atoms with E-state index in [0.29, 0.717) is 6.54 Å². The first-order valence-corrected chi connectivity index (χ1v) is 6.76. The molecular formula is C15H22FNO2. The molecular weight excluding hydrogens is 245 g/mol. The summed E-state index contributed by atoms with van der Waals surface area (Å²) in [4.78, 5) is 14.1. The fourth-order valence-electron chi connectivity index (χ4n) is 1.97. The number of aromatic hydroxyl groups is 1. The summed E-state index contributed by atoms with van der Waals surface area (Å²) in [5, 5.41) is 9.68. The van der Waals surface area contributed by atoms with Gasteiger partial charge in [0, 0.05) is 18.7 Å². The van der Waals surface area contributed by atoms with Crippen molar-refractivity contribution < 1.29 is 14.3 Å². The number of benzene rings is 1. The number of carbonyl (C=O) groups is 1. The first-order chi connectivity index (χ1) is 8.97. The van der Waals surface area contributed by atoms with E-state index in [9.17, 15) is 14.3 Å². The van der Waals surface area contributed by atoms with Gasteiger partial charge in [-0.05, 0) is 32.4 Å². The van der Waals surface area contributed by atoms with Gasteiger partial charge in [-0.3, -0.25) is 4.79 Å². The van der Waals surface area contributed by atoms with E-state index in [1.807, 2.05) is 13.8 Å². The van der Waals surface area contributed by atoms with Gasteiger partial charge in [0.25, 0.3) is 5.91 Å². The third-order valence-corrected chi connectivity index (χ3v) is 3.08. The molecule has 1 N–H and O–H groups in total. The van der Waals surface area contributed by atoms with E-state index in [0.717, 1.165) is 25.3 Å². The maximum atomic E-state index is 12.9. The second-order valence-electron chi connectivity index (χ2n) is 4.96. The Kier molecular flexibility index (Phi) is 5.80. The van der Waals surface area contributed by atoms with Gasteiger partial charge < -0.3 is 10.0 Å². The zero-order valence-corrected chi connectivity index (χ0v) is 11.8. The highest BCUT2D eigenvalue weighted by Crippen LogP contribution is 2.21. The third kappa shape index (κ3) is 4.23. The lowest BCUT2D eigenvalue weighted by Crippen LogP contribution is -2.37. The number of rotatable bonds is 6. The minimum Gasteiger partial charge on any atom is -0.507 e. The molecule has 4 heteroatoms. The Morgan fingerprint density at radius 3 is 2.58 bits per heavy atom. The number of carbonyl (C=O) groups excluding carboxylic acids is 1. The average molecular weight is 267 g/mol. The van der Waals surface area contributed by atoms with Crippen LogP contribution in [0.5, 0.6) is 5.75 Å². The van der Waals surface area contributed by atoms with Crippen LogP contribution in [0.15, 0.2) is 18.2 Å². The molecule has 1 aromatic rings. The highest BCUT2D eigenvalue weighted by Gasteiger charge is 2.21. The van der Waals surface area contributed by atoms with E-state index in [1.165, 1.54) is 12.1 Å². The average Bonchev–Trinajstić information content (AvgIpc) is 2.33. The van der Waals surface area contributed by atoms with Crippen molar-refractivity contribution in [2.75, 3.05) is 6.54 Å². The molecule has 0 aromatic heterocycles. The minimum absolute atomic E-state index is 0.0498. The molecule has 0 aliphatic carbocycles. The van der Waals surface area contributed by atoms with Crippen molar-refractivity contribution in [1.29, 1.82) is 0 Å². The fourth-order valence-corrected chi connectivity index (χ4v) is 1.97. The topological polar surface area (TPSA) is 40.5 Å². The Morgan fingerprint density at radius 2 is 2.05 bits per heavy atom. The van der Waals surface area contributed by atoms with Gasteiger partial charge in [-0.15, -0.1) is 0 Å². The molecule has 0 bridgehead atoms. The highest BCUT2D eigenvalue weighted by molar-refractivity contribution is 5.97. The molecule has 0 aliphatic heterocycles. The van der Waals surface area contributed by atoms with Gasteiger partial charge in [-0.2, -0.15) is 0 Å². The summed E-state index contributed by atoms with van der Waals surface area (Å²) < 4.78 is 12.9. The van der Waals surface area contributed by atoms with Crippen molar-refractivity contribution in [3.63, 3.8) is 0 Å². The maximum Gasteiger partial charge on any atom is 0.257 e. The van der Waals surface area contributed by atoms with Gasteiger partial charge >= 0.3 is 0 Å². The van der Waals surface area contributed by atoms with E-state index in [4.69, 9.17) is 0 Å². The molecule has 0 spiro atoms. The van der Waals surface area contributed by atoms with Crippen LogP contribution < -0.4 is 0 Å². The second-order valence-corrected chi connectivity index (χ2v) is 4.96. The summed E-state index contributed by atoms with van der Waals surface area (Å²) in [7, 11) is 0. The van der Waals surface area contributed by atoms with Crippen molar-refractivity contribution in [2.24, 2.45) is 0 Å². The molecule has 1 rings (SSSR count). The molecule has 0 radical (unpaired) electrons. The van der Waals surface area contributed by atoms with E-state index in [1.54, 1.807) is 4.90 Å². The van der Waals surface area contributed by atoms with Crippen LogP contribution in [-0.4, -0.2) is 28.5 Å². The SMILES string of the molecule is CCCCCN(C(=O)c1ccc(F)cc1O)C(C)C. The first kappa shape index (κ1) is 15.5. The van der Waals surface area contributed by atoms with E-state index >= 15 is 0 Å². The Labute approximate surface area is 114 Å². The Balaban J connectivity index is 2.86. The molecule has 106 valence electrons. The van der Waals surface area contributed by atoms with Crippen LogP contribution in [-0.2, 0) is 0 Å². The third-order valence-electron chi connectivity index (χ3n) is 3.08. The summed E-state index contributed by atoms with van der Waals surface area (Å²) in [5.41, 5.74) is 0.159. The smallest absolute Gasteiger partial charge is 0.257 e. The zero-order valence-electron chi connectivity index (χ0n) is 11.8. The quantitative estimate of drug-likeness (QED) is 0.800. The fraction of sp³-hybridized carbons (Fsp3) is 0.533. The highest BCUT2D eigenvalue weighted by atomic mass is 19.1. The van der Waals surface area contributed by atoms with Crippen molar-refractivity contribution in [3.8, 4) is 5.75 Å². The molecule has 0 heterocycles. The lowest BCUT2D eigenvalue weighted by atomic mass is 10.1. The molecule has 1 amide bonds. The van der Waals surface area contributed by atoms with E-state index < -0.39 is 5.82 Å². The predicted molar refractivity (Wildman–Crippen MR) is 73.8 cm³/mol. The van der Waals surface area contributed by atoms with Crippen LogP contribution >= 0.6 is 0 Å². The predicted octanol–water partition coefficient (Wildman–Crippen LogP) is 3.57. The van der Waals surface area contributed by atoms with Gasteiger partial charge in [0.05, 0.1) is 5.56 Å². The first-order valence-electron chi connectivity index (χ1n) is 6.76. The molecule has 1 aromatic carbocycles. The summed E-state index contributed by atoms with van der Waals surface area (Å²) in [6, 6.07) is 3.55. The van der Waals surface area contributed by atoms with Crippen LogP contribution in [0, 0.1) is 5.82 Å². The van der Waals surface area contributed by atoms with Crippen molar-refractivity contribution >= 4 is 5.91 Å². The molecule has 0 saturated carbocycles. The monoisotopic (exact) mass is 267 g/mol. The maximum absolute atomic E-state index is 12.9. The number of halogens is 1. The molecule has 3 nitrogen and oxygen atoms in total. The Morgan fingerprint density at radius 1 is 1.37 bits per heavy atom. The second kappa shape index (κ2) is 7.12. The number of phenolic OH excluding ortho intramolecular Hbond substituents is 1. The molecule has 0 unspecified atom stereocenters. The number of unbranched alkanes of at least 4 members (excludes halogenated alkanes) is 2. The molecule has 0 aliphatic rings. The van der Waals surface area contributed by atoms with Gasteiger partial charge in [-0.25, -0.2) is 4.39 Å². The number of nitrogens with zero attached hydrogens (tertiary/aromatic N) is 1. The molecule has 19 heavy (non-hydrogen) atoms. The summed E-state index contributed by atoms with van der Waals surface area (Å²) in [6.45, 7) is 6.63. The summed E-state index contributed by atoms with van der Waals surface area (Å²) in [5.74, 6) is -1.09. The van der Waals surface area contributed by atoms with Crippen molar-refractivity contribution in [2.45, 2.75) is 46.1 Å². The molecule has 0 atom stereocenters. The standard InChI is InChI=1S/C15H22FNO2/c1-4-5-6-9-17(11(2)3)15(19)13-8-7-12(16)10-14(13)18/h7-8,10-11,18H,4-6,9H2,1-3H3. The Bertz CT molecular complexity index is 432. The van der Waals surface area contributed by atoms with Crippen molar-refractivity contribution in [3.05, 3.63) is 29.6 Å². The summed E-state index contributed by atoms with van der Waals surface area (Å²) in [6.07, 6.45) is 3.08. The van der Waals surface area contributed by atoms with Gasteiger partial charge in [0.15, 0.2) is 0 Å². The van der Waals surface area contributed by atoms with Gasteiger partial charge in [-0.1, -0.05) is 19.8 Å². The van der Waals surface area contributed by atoms with E-state index in [-0.39, 0.29) is 23.3 Å². The van der Waals surface area contributed by atoms with E-state index in [2.05, 4.69) is 6.92 Å². The van der Waals surface area contributed by atoms with Gasteiger partial charge in [0.2, 0.25) is 0 Å². The van der Waals surface area contributed by atoms with Crippen LogP contribution in [0.3, 0.4) is 0 Å². The number of phenols is 1. The largest absolute Gasteiger partial charge is 0.507 e. The van der Waals surface area contributed by atoms with Crippen LogP contribution in [0.25, 0.3) is 0 Å². The lowest BCUT2D eigenvalue weighted by molar-refractivity contribution is 0.0699. The van der Waals surface area contributed by atoms with Crippen LogP contribution in [0.2, 0.25) is 0 Å². The van der Waals surface area contributed by atoms with Gasteiger partial charge in [0.1, 0.15) is 11.6 Å². The number of hydrogen-bond acceptors (Lipinski definition) is 2. The zero-order chi connectivity index (χ0) is 14.4. The number of amides is 1. The molecule has 0 saturated heterocycles.